The van der Waals surface area contributed by atoms with Gasteiger partial charge in [0.2, 0.25) is 0 Å². The Kier molecular flexibility index (Phi) is 1.09. The van der Waals surface area contributed by atoms with Crippen LogP contribution in [0.25, 0.3) is 10.9 Å². The third-order valence-corrected chi connectivity index (χ3v) is 1.54. The van der Waals surface area contributed by atoms with E-state index in [0.717, 1.165) is 0 Å². The van der Waals surface area contributed by atoms with Gasteiger partial charge >= 0.3 is 0 Å². The normalized spacial score (nSPS) is 10.6. The molecule has 0 atom stereocenters. The first kappa shape index (κ1) is 6.15. The number of rotatable bonds is 0. The van der Waals surface area contributed by atoms with Crippen molar-refractivity contribution in [3.05, 3.63) is 24.1 Å². The van der Waals surface area contributed by atoms with Crippen LogP contribution in [0.3, 0.4) is 0 Å². The van der Waals surface area contributed by atoms with Crippen LogP contribution in [0.2, 0.25) is 0 Å². The average molecular weight is 152 g/mol. The number of nitrogens with one attached hydrogen (secondary N) is 1. The largest absolute Gasteiger partial charge is 0.505 e. The Morgan fingerprint density at radius 3 is 3.09 bits per heavy atom. The molecule has 1 heterocycles. The van der Waals surface area contributed by atoms with Crippen molar-refractivity contribution in [3.8, 4) is 5.75 Å². The van der Waals surface area contributed by atoms with Gasteiger partial charge in [0.15, 0.2) is 11.6 Å². The van der Waals surface area contributed by atoms with Crippen molar-refractivity contribution in [2.24, 2.45) is 0 Å². The molecule has 0 spiro atoms. The highest BCUT2D eigenvalue weighted by molar-refractivity contribution is 5.80. The second-order valence-corrected chi connectivity index (χ2v) is 2.23. The molecule has 0 amide bonds. The summed E-state index contributed by atoms with van der Waals surface area (Å²) in [5, 5.41) is 15.4. The molecule has 0 aliphatic heterocycles. The van der Waals surface area contributed by atoms with Crippen LogP contribution in [0.5, 0.6) is 5.75 Å². The van der Waals surface area contributed by atoms with E-state index in [-0.39, 0.29) is 5.75 Å². The van der Waals surface area contributed by atoms with Crippen LogP contribution >= 0.6 is 0 Å². The van der Waals surface area contributed by atoms with Crippen LogP contribution in [-0.2, 0) is 0 Å². The summed E-state index contributed by atoms with van der Waals surface area (Å²) in [4.78, 5) is 0. The van der Waals surface area contributed by atoms with Crippen molar-refractivity contribution in [2.75, 3.05) is 0 Å². The number of phenols is 1. The second kappa shape index (κ2) is 1.95. The van der Waals surface area contributed by atoms with Crippen molar-refractivity contribution in [2.45, 2.75) is 0 Å². The second-order valence-electron chi connectivity index (χ2n) is 2.23. The fourth-order valence-electron chi connectivity index (χ4n) is 0.971. The maximum absolute atomic E-state index is 12.9. The summed E-state index contributed by atoms with van der Waals surface area (Å²) in [5.74, 6) is -0.977. The molecule has 0 fully saturated rings. The maximum Gasteiger partial charge on any atom is 0.175 e. The van der Waals surface area contributed by atoms with Crippen LogP contribution in [0.1, 0.15) is 0 Å². The predicted molar refractivity (Wildman–Crippen MR) is 37.7 cm³/mol. The molecule has 2 aromatic rings. The van der Waals surface area contributed by atoms with Gasteiger partial charge in [-0.15, -0.1) is 0 Å². The van der Waals surface area contributed by atoms with Crippen LogP contribution in [-0.4, -0.2) is 15.3 Å². The minimum atomic E-state index is -0.628. The minimum Gasteiger partial charge on any atom is -0.505 e. The first-order valence-corrected chi connectivity index (χ1v) is 3.09. The van der Waals surface area contributed by atoms with Crippen molar-refractivity contribution < 1.29 is 9.50 Å². The van der Waals surface area contributed by atoms with Crippen molar-refractivity contribution in [1.29, 1.82) is 0 Å². The van der Waals surface area contributed by atoms with Crippen LogP contribution in [0.15, 0.2) is 18.3 Å². The van der Waals surface area contributed by atoms with E-state index in [1.807, 2.05) is 0 Å². The summed E-state index contributed by atoms with van der Waals surface area (Å²) >= 11 is 0. The Bertz CT molecular complexity index is 396. The van der Waals surface area contributed by atoms with Crippen LogP contribution < -0.4 is 0 Å². The lowest BCUT2D eigenvalue weighted by molar-refractivity contribution is 0.436. The number of halogens is 1. The molecule has 11 heavy (non-hydrogen) atoms. The number of benzene rings is 1. The molecular formula is C7H5FN2O. The lowest BCUT2D eigenvalue weighted by Gasteiger charge is -1.93. The molecule has 0 unspecified atom stereocenters. The summed E-state index contributed by atoms with van der Waals surface area (Å²) < 4.78 is 12.9. The van der Waals surface area contributed by atoms with Crippen molar-refractivity contribution >= 4 is 10.9 Å². The van der Waals surface area contributed by atoms with E-state index in [4.69, 9.17) is 5.11 Å². The number of aromatic nitrogens is 2. The summed E-state index contributed by atoms with van der Waals surface area (Å²) in [5.41, 5.74) is 0.584. The fourth-order valence-corrected chi connectivity index (χ4v) is 0.971. The summed E-state index contributed by atoms with van der Waals surface area (Å²) in [6, 6.07) is 2.86. The van der Waals surface area contributed by atoms with E-state index >= 15 is 0 Å². The summed E-state index contributed by atoms with van der Waals surface area (Å²) in [7, 11) is 0. The highest BCUT2D eigenvalue weighted by Crippen LogP contribution is 2.22. The highest BCUT2D eigenvalue weighted by atomic mass is 19.1. The molecule has 0 bridgehead atoms. The lowest BCUT2D eigenvalue weighted by Crippen LogP contribution is -1.76. The topological polar surface area (TPSA) is 48.9 Å². The molecule has 0 saturated carbocycles. The van der Waals surface area contributed by atoms with Gasteiger partial charge in [-0.1, -0.05) is 0 Å². The monoisotopic (exact) mass is 152 g/mol. The smallest absolute Gasteiger partial charge is 0.175 e. The van der Waals surface area contributed by atoms with Gasteiger partial charge in [0.1, 0.15) is 0 Å². The lowest BCUT2D eigenvalue weighted by atomic mass is 10.2. The van der Waals surface area contributed by atoms with E-state index in [9.17, 15) is 4.39 Å². The third kappa shape index (κ3) is 0.756. The number of H-pyrrole nitrogens is 1. The van der Waals surface area contributed by atoms with Gasteiger partial charge in [-0.2, -0.15) is 5.10 Å². The quantitative estimate of drug-likeness (QED) is 0.599. The molecule has 0 radical (unpaired) electrons. The fraction of sp³-hybridized carbons (Fsp3) is 0. The number of aromatic hydroxyl groups is 1. The first-order valence-electron chi connectivity index (χ1n) is 3.09. The van der Waals surface area contributed by atoms with Gasteiger partial charge in [0.25, 0.3) is 0 Å². The number of hydrogen-bond donors (Lipinski definition) is 2. The average Bonchev–Trinajstić information content (AvgIpc) is 2.45. The zero-order valence-corrected chi connectivity index (χ0v) is 5.50. The molecule has 0 aliphatic rings. The predicted octanol–water partition coefficient (Wildman–Crippen LogP) is 1.41. The molecule has 1 aromatic heterocycles. The first-order chi connectivity index (χ1) is 5.29. The zero-order chi connectivity index (χ0) is 7.84. The van der Waals surface area contributed by atoms with E-state index in [0.29, 0.717) is 10.9 Å². The van der Waals surface area contributed by atoms with Gasteiger partial charge in [0.05, 0.1) is 17.1 Å². The highest BCUT2D eigenvalue weighted by Gasteiger charge is 2.05. The van der Waals surface area contributed by atoms with Crippen LogP contribution in [0, 0.1) is 5.82 Å². The van der Waals surface area contributed by atoms with Crippen molar-refractivity contribution in [1.82, 2.24) is 10.2 Å². The Balaban J connectivity index is 2.93. The van der Waals surface area contributed by atoms with Gasteiger partial charge in [-0.05, 0) is 12.1 Å². The maximum atomic E-state index is 12.9. The molecule has 4 heteroatoms. The van der Waals surface area contributed by atoms with E-state index < -0.39 is 5.82 Å². The molecule has 1 aromatic carbocycles. The zero-order valence-electron chi connectivity index (χ0n) is 5.50. The van der Waals surface area contributed by atoms with E-state index in [1.165, 1.54) is 12.3 Å². The number of nitrogens with zero attached hydrogens (tertiary/aromatic N) is 1. The van der Waals surface area contributed by atoms with Gasteiger partial charge < -0.3 is 5.11 Å². The molecular weight excluding hydrogens is 147 g/mol. The number of fused-ring (bicyclic) bond motifs is 1. The Labute approximate surface area is 61.5 Å². The SMILES string of the molecule is Oc1ccc2[nH]ncc2c1F. The summed E-state index contributed by atoms with van der Waals surface area (Å²) in [6.07, 6.45) is 1.34. The molecule has 2 rings (SSSR count). The molecule has 0 saturated heterocycles. The van der Waals surface area contributed by atoms with Gasteiger partial charge in [0, 0.05) is 0 Å². The number of hydrogen-bond acceptors (Lipinski definition) is 2. The molecule has 56 valence electrons. The van der Waals surface area contributed by atoms with Gasteiger partial charge in [-0.3, -0.25) is 5.10 Å². The minimum absolute atomic E-state index is 0.310. The van der Waals surface area contributed by atoms with Gasteiger partial charge in [-0.25, -0.2) is 4.39 Å². The van der Waals surface area contributed by atoms with E-state index in [1.54, 1.807) is 6.07 Å². The van der Waals surface area contributed by atoms with E-state index in [2.05, 4.69) is 10.2 Å². The third-order valence-electron chi connectivity index (χ3n) is 1.54. The van der Waals surface area contributed by atoms with Crippen LogP contribution in [0.4, 0.5) is 4.39 Å². The Hall–Kier alpha value is -1.58. The number of aromatic amines is 1. The number of phenolic OH excluding ortho intramolecular Hbond substituents is 1. The standard InChI is InChI=1S/C7H5FN2O/c8-7-4-3-9-10-5(4)1-2-6(7)11/h1-3,11H,(H,9,10). The Morgan fingerprint density at radius 2 is 2.27 bits per heavy atom. The van der Waals surface area contributed by atoms with Crippen molar-refractivity contribution in [3.63, 3.8) is 0 Å². The molecule has 0 aliphatic carbocycles. The Morgan fingerprint density at radius 1 is 1.45 bits per heavy atom. The molecule has 2 N–H and O–H groups in total. The summed E-state index contributed by atoms with van der Waals surface area (Å²) in [6.45, 7) is 0. The molecule has 3 nitrogen and oxygen atoms in total.